The number of aliphatic carboxylic acids is 1. The highest BCUT2D eigenvalue weighted by atomic mass is 16.5. The van der Waals surface area contributed by atoms with Crippen molar-refractivity contribution in [3.8, 4) is 18.1 Å². The van der Waals surface area contributed by atoms with Crippen LogP contribution in [0.15, 0.2) is 48.6 Å². The summed E-state index contributed by atoms with van der Waals surface area (Å²) in [6, 6.07) is 7.17. The van der Waals surface area contributed by atoms with Gasteiger partial charge in [0, 0.05) is 0 Å². The van der Waals surface area contributed by atoms with E-state index in [0.717, 1.165) is 11.1 Å². The molecule has 0 aliphatic heterocycles. The van der Waals surface area contributed by atoms with Crippen LogP contribution >= 0.6 is 0 Å². The maximum absolute atomic E-state index is 10.7. The zero-order valence-electron chi connectivity index (χ0n) is 11.5. The lowest BCUT2D eigenvalue weighted by atomic mass is 9.97. The lowest BCUT2D eigenvalue weighted by Gasteiger charge is -2.10. The predicted octanol–water partition coefficient (Wildman–Crippen LogP) is 3.39. The number of ether oxygens (including phenoxy) is 1. The third-order valence-electron chi connectivity index (χ3n) is 2.90. The van der Waals surface area contributed by atoms with Gasteiger partial charge in [-0.2, -0.15) is 0 Å². The molecule has 0 saturated heterocycles. The van der Waals surface area contributed by atoms with Gasteiger partial charge in [0.1, 0.15) is 12.4 Å². The van der Waals surface area contributed by atoms with E-state index in [4.69, 9.17) is 16.3 Å². The molecule has 0 heterocycles. The van der Waals surface area contributed by atoms with Crippen molar-refractivity contribution in [1.82, 2.24) is 0 Å². The molecule has 3 heteroatoms. The SMILES string of the molecule is C#CC(CC(=O)O)c1ccc(OC/C(C=C)=C/C)cc1. The Hall–Kier alpha value is -2.47. The highest BCUT2D eigenvalue weighted by Crippen LogP contribution is 2.22. The minimum absolute atomic E-state index is 0.0735. The molecular formula is C17H18O3. The van der Waals surface area contributed by atoms with Gasteiger partial charge in [-0.05, 0) is 30.2 Å². The summed E-state index contributed by atoms with van der Waals surface area (Å²) in [7, 11) is 0. The van der Waals surface area contributed by atoms with Crippen molar-refractivity contribution in [1.29, 1.82) is 0 Å². The van der Waals surface area contributed by atoms with Crippen LogP contribution < -0.4 is 4.74 Å². The molecule has 1 aromatic rings. The van der Waals surface area contributed by atoms with E-state index in [1.54, 1.807) is 30.3 Å². The highest BCUT2D eigenvalue weighted by molar-refractivity contribution is 5.68. The average molecular weight is 270 g/mol. The molecule has 1 aromatic carbocycles. The monoisotopic (exact) mass is 270 g/mol. The van der Waals surface area contributed by atoms with Crippen LogP contribution in [0.1, 0.15) is 24.8 Å². The third kappa shape index (κ3) is 4.66. The van der Waals surface area contributed by atoms with Gasteiger partial charge in [0.25, 0.3) is 0 Å². The summed E-state index contributed by atoms with van der Waals surface area (Å²) in [5.41, 5.74) is 1.80. The standard InChI is InChI=1S/C17H18O3/c1-4-13(5-2)12-20-16-9-7-15(8-10-16)14(6-3)11-17(18)19/h3-5,7-10,14H,1,11-12H2,2H3,(H,18,19)/b13-5+. The Morgan fingerprint density at radius 3 is 2.60 bits per heavy atom. The van der Waals surface area contributed by atoms with Crippen molar-refractivity contribution in [3.05, 3.63) is 54.1 Å². The number of allylic oxidation sites excluding steroid dienone is 1. The van der Waals surface area contributed by atoms with Gasteiger partial charge in [-0.25, -0.2) is 0 Å². The highest BCUT2D eigenvalue weighted by Gasteiger charge is 2.12. The number of hydrogen-bond acceptors (Lipinski definition) is 2. The summed E-state index contributed by atoms with van der Waals surface area (Å²) < 4.78 is 5.59. The molecule has 0 aromatic heterocycles. The predicted molar refractivity (Wildman–Crippen MR) is 79.7 cm³/mol. The first-order chi connectivity index (χ1) is 9.60. The van der Waals surface area contributed by atoms with E-state index >= 15 is 0 Å². The molecule has 1 rings (SSSR count). The zero-order chi connectivity index (χ0) is 15.0. The second-order valence-corrected chi connectivity index (χ2v) is 4.24. The van der Waals surface area contributed by atoms with Gasteiger partial charge in [0.05, 0.1) is 12.3 Å². The second-order valence-electron chi connectivity index (χ2n) is 4.24. The quantitative estimate of drug-likeness (QED) is 0.610. The van der Waals surface area contributed by atoms with Crippen molar-refractivity contribution in [2.24, 2.45) is 0 Å². The number of carboxylic acids is 1. The van der Waals surface area contributed by atoms with Crippen LogP contribution in [0.5, 0.6) is 5.75 Å². The zero-order valence-corrected chi connectivity index (χ0v) is 11.5. The molecule has 1 atom stereocenters. The number of carboxylic acid groups (broad SMARTS) is 1. The van der Waals surface area contributed by atoms with Gasteiger partial charge in [-0.15, -0.1) is 6.42 Å². The summed E-state index contributed by atoms with van der Waals surface area (Å²) in [6.45, 7) is 6.07. The molecule has 3 nitrogen and oxygen atoms in total. The maximum Gasteiger partial charge on any atom is 0.304 e. The molecule has 0 fully saturated rings. The summed E-state index contributed by atoms with van der Waals surface area (Å²) in [4.78, 5) is 10.7. The van der Waals surface area contributed by atoms with E-state index < -0.39 is 11.9 Å². The van der Waals surface area contributed by atoms with E-state index in [0.29, 0.717) is 12.4 Å². The van der Waals surface area contributed by atoms with Crippen LogP contribution in [0.2, 0.25) is 0 Å². The first kappa shape index (κ1) is 15.6. The van der Waals surface area contributed by atoms with Gasteiger partial charge >= 0.3 is 5.97 Å². The lowest BCUT2D eigenvalue weighted by molar-refractivity contribution is -0.137. The second kappa shape index (κ2) is 7.85. The van der Waals surface area contributed by atoms with Crippen molar-refractivity contribution in [3.63, 3.8) is 0 Å². The van der Waals surface area contributed by atoms with Crippen LogP contribution in [-0.2, 0) is 4.79 Å². The van der Waals surface area contributed by atoms with E-state index in [2.05, 4.69) is 12.5 Å². The fourth-order valence-electron chi connectivity index (χ4n) is 1.67. The topological polar surface area (TPSA) is 46.5 Å². The largest absolute Gasteiger partial charge is 0.489 e. The normalized spacial score (nSPS) is 12.3. The van der Waals surface area contributed by atoms with Gasteiger partial charge in [-0.1, -0.05) is 36.8 Å². The van der Waals surface area contributed by atoms with E-state index in [9.17, 15) is 4.79 Å². The molecule has 0 bridgehead atoms. The Morgan fingerprint density at radius 2 is 2.15 bits per heavy atom. The van der Waals surface area contributed by atoms with Crippen molar-refractivity contribution >= 4 is 5.97 Å². The van der Waals surface area contributed by atoms with E-state index in [-0.39, 0.29) is 6.42 Å². The summed E-state index contributed by atoms with van der Waals surface area (Å²) >= 11 is 0. The van der Waals surface area contributed by atoms with Crippen molar-refractivity contribution < 1.29 is 14.6 Å². The molecule has 0 radical (unpaired) electrons. The third-order valence-corrected chi connectivity index (χ3v) is 2.90. The molecule has 0 aliphatic carbocycles. The van der Waals surface area contributed by atoms with Gasteiger partial charge in [0.15, 0.2) is 0 Å². The Morgan fingerprint density at radius 1 is 1.50 bits per heavy atom. The van der Waals surface area contributed by atoms with Gasteiger partial charge < -0.3 is 9.84 Å². The number of carbonyl (C=O) groups is 1. The molecule has 1 N–H and O–H groups in total. The fourth-order valence-corrected chi connectivity index (χ4v) is 1.67. The maximum atomic E-state index is 10.7. The molecule has 104 valence electrons. The van der Waals surface area contributed by atoms with Crippen molar-refractivity contribution in [2.45, 2.75) is 19.3 Å². The average Bonchev–Trinajstić information content (AvgIpc) is 2.46. The number of rotatable bonds is 7. The number of terminal acetylenes is 1. The van der Waals surface area contributed by atoms with Crippen LogP contribution in [0, 0.1) is 12.3 Å². The minimum atomic E-state index is -0.906. The first-order valence-electron chi connectivity index (χ1n) is 6.29. The summed E-state index contributed by atoms with van der Waals surface area (Å²) in [5, 5.41) is 8.79. The lowest BCUT2D eigenvalue weighted by Crippen LogP contribution is -2.04. The molecule has 20 heavy (non-hydrogen) atoms. The molecule has 0 amide bonds. The van der Waals surface area contributed by atoms with Crippen molar-refractivity contribution in [2.75, 3.05) is 6.61 Å². The summed E-state index contributed by atoms with van der Waals surface area (Å²) in [5.74, 6) is 1.88. The van der Waals surface area contributed by atoms with Crippen LogP contribution in [-0.4, -0.2) is 17.7 Å². The van der Waals surface area contributed by atoms with Gasteiger partial charge in [0.2, 0.25) is 0 Å². The van der Waals surface area contributed by atoms with E-state index in [1.807, 2.05) is 13.0 Å². The Bertz CT molecular complexity index is 532. The van der Waals surface area contributed by atoms with Crippen LogP contribution in [0.4, 0.5) is 0 Å². The number of hydrogen-bond donors (Lipinski definition) is 1. The fraction of sp³-hybridized carbons (Fsp3) is 0.235. The Labute approximate surface area is 119 Å². The minimum Gasteiger partial charge on any atom is -0.489 e. The molecule has 0 aliphatic rings. The van der Waals surface area contributed by atoms with Crippen LogP contribution in [0.25, 0.3) is 0 Å². The Balaban J connectivity index is 2.71. The summed E-state index contributed by atoms with van der Waals surface area (Å²) in [6.07, 6.45) is 8.97. The van der Waals surface area contributed by atoms with Gasteiger partial charge in [-0.3, -0.25) is 4.79 Å². The number of benzene rings is 1. The molecule has 0 spiro atoms. The first-order valence-corrected chi connectivity index (χ1v) is 6.29. The molecular weight excluding hydrogens is 252 g/mol. The molecule has 1 unspecified atom stereocenters. The smallest absolute Gasteiger partial charge is 0.304 e. The molecule has 0 saturated carbocycles. The van der Waals surface area contributed by atoms with Crippen LogP contribution in [0.3, 0.4) is 0 Å². The Kier molecular flexibility index (Phi) is 6.12. The van der Waals surface area contributed by atoms with E-state index in [1.165, 1.54) is 0 Å².